The molecule has 2 saturated carbocycles. The summed E-state index contributed by atoms with van der Waals surface area (Å²) in [5, 5.41) is 0. The number of methoxy groups -OCH3 is 1. The lowest BCUT2D eigenvalue weighted by atomic mass is 9.77. The van der Waals surface area contributed by atoms with Gasteiger partial charge in [0.15, 0.2) is 12.0 Å². The van der Waals surface area contributed by atoms with Gasteiger partial charge in [0.05, 0.1) is 25.9 Å². The largest absolute Gasteiger partial charge is 0.497 e. The van der Waals surface area contributed by atoms with Crippen molar-refractivity contribution in [3.8, 4) is 17.2 Å². The van der Waals surface area contributed by atoms with Gasteiger partial charge in [0, 0.05) is 12.0 Å². The molecular formula is C41H58O8. The lowest BCUT2D eigenvalue weighted by Crippen LogP contribution is -2.23. The number of hydrogen-bond donors (Lipinski definition) is 0. The number of carbonyl (C=O) groups is 3. The normalized spacial score (nSPS) is 20.2. The molecule has 2 aromatic carbocycles. The van der Waals surface area contributed by atoms with E-state index in [1.165, 1.54) is 63.0 Å². The second kappa shape index (κ2) is 23.7. The van der Waals surface area contributed by atoms with Gasteiger partial charge in [-0.05, 0) is 131 Å². The molecule has 0 atom stereocenters. The van der Waals surface area contributed by atoms with Gasteiger partial charge in [-0.15, -0.1) is 0 Å². The van der Waals surface area contributed by atoms with Gasteiger partial charge in [-0.25, -0.2) is 4.79 Å². The number of rotatable bonds is 20. The molecule has 2 aromatic rings. The quantitative estimate of drug-likeness (QED) is 0.0341. The Bertz CT molecular complexity index is 1230. The summed E-state index contributed by atoms with van der Waals surface area (Å²) in [6, 6.07) is 13.5. The molecular weight excluding hydrogens is 620 g/mol. The van der Waals surface area contributed by atoms with Gasteiger partial charge in [-0.2, -0.15) is 4.89 Å². The van der Waals surface area contributed by atoms with Crippen LogP contribution in [0.1, 0.15) is 131 Å². The van der Waals surface area contributed by atoms with Crippen LogP contribution in [0.25, 0.3) is 0 Å². The number of ether oxygens (including phenoxy) is 3. The summed E-state index contributed by atoms with van der Waals surface area (Å²) in [5.74, 6) is 3.40. The van der Waals surface area contributed by atoms with Crippen LogP contribution in [-0.4, -0.2) is 45.0 Å². The first-order valence-corrected chi connectivity index (χ1v) is 18.4. The summed E-state index contributed by atoms with van der Waals surface area (Å²) in [5.41, 5.74) is 1.81. The third-order valence-corrected chi connectivity index (χ3v) is 9.66. The van der Waals surface area contributed by atoms with Crippen LogP contribution in [-0.2, 0) is 19.2 Å². The number of aldehydes is 2. The molecule has 8 nitrogen and oxygen atoms in total. The maximum atomic E-state index is 11.6. The fraction of sp³-hybridized carbons (Fsp3) is 0.585. The van der Waals surface area contributed by atoms with Crippen molar-refractivity contribution in [3.05, 3.63) is 66.2 Å². The molecule has 0 N–H and O–H groups in total. The molecule has 8 heteroatoms. The second-order valence-corrected chi connectivity index (χ2v) is 13.3. The molecule has 0 amide bonds. The van der Waals surface area contributed by atoms with Crippen LogP contribution in [0.4, 0.5) is 0 Å². The van der Waals surface area contributed by atoms with E-state index in [0.717, 1.165) is 81.4 Å². The van der Waals surface area contributed by atoms with Crippen molar-refractivity contribution in [2.75, 3.05) is 20.3 Å². The van der Waals surface area contributed by atoms with E-state index in [-0.39, 0.29) is 18.0 Å². The van der Waals surface area contributed by atoms with Gasteiger partial charge in [0.2, 0.25) is 0 Å². The number of hydrogen-bond acceptors (Lipinski definition) is 8. The summed E-state index contributed by atoms with van der Waals surface area (Å²) < 4.78 is 15.6. The average Bonchev–Trinajstić information content (AvgIpc) is 3.16. The topological polar surface area (TPSA) is 97.4 Å². The Labute approximate surface area is 293 Å². The van der Waals surface area contributed by atoms with Crippen molar-refractivity contribution in [2.24, 2.45) is 11.8 Å². The van der Waals surface area contributed by atoms with Crippen molar-refractivity contribution in [1.82, 2.24) is 0 Å². The molecule has 0 saturated heterocycles. The zero-order valence-corrected chi connectivity index (χ0v) is 29.8. The Kier molecular flexibility index (Phi) is 19.2. The zero-order valence-electron chi connectivity index (χ0n) is 29.8. The summed E-state index contributed by atoms with van der Waals surface area (Å²) >= 11 is 0. The lowest BCUT2D eigenvalue weighted by molar-refractivity contribution is -0.252. The third kappa shape index (κ3) is 15.2. The van der Waals surface area contributed by atoms with Crippen LogP contribution >= 0.6 is 0 Å². The molecule has 4 rings (SSSR count). The summed E-state index contributed by atoms with van der Waals surface area (Å²) in [6.45, 7) is 6.76. The highest BCUT2D eigenvalue weighted by atomic mass is 17.2. The SMILES string of the molecule is C=CC(=O)OCCCCCCOc1ccc(OC)cc1.CCCCCC1CCC(c2ccc(OOC3CCC(C=O)CC3)c(C=O)c2)CC1. The van der Waals surface area contributed by atoms with Gasteiger partial charge < -0.3 is 23.9 Å². The zero-order chi connectivity index (χ0) is 35.1. The summed E-state index contributed by atoms with van der Waals surface area (Å²) in [4.78, 5) is 44.4. The molecule has 0 heterocycles. The molecule has 0 spiro atoms. The minimum absolute atomic E-state index is 0.00614. The van der Waals surface area contributed by atoms with Crippen molar-refractivity contribution in [1.29, 1.82) is 0 Å². The van der Waals surface area contributed by atoms with Gasteiger partial charge >= 0.3 is 5.97 Å². The van der Waals surface area contributed by atoms with Crippen LogP contribution in [0.5, 0.6) is 17.2 Å². The van der Waals surface area contributed by atoms with Crippen LogP contribution < -0.4 is 14.4 Å². The number of unbranched alkanes of at least 4 members (excludes halogenated alkanes) is 5. The molecule has 2 fully saturated rings. The van der Waals surface area contributed by atoms with Crippen molar-refractivity contribution >= 4 is 18.5 Å². The van der Waals surface area contributed by atoms with E-state index in [1.807, 2.05) is 36.4 Å². The Hall–Kier alpha value is -3.65. The van der Waals surface area contributed by atoms with Gasteiger partial charge in [0.1, 0.15) is 23.9 Å². The highest BCUT2D eigenvalue weighted by Gasteiger charge is 2.25. The molecule has 0 aliphatic heterocycles. The number of carbonyl (C=O) groups excluding carboxylic acids is 3. The van der Waals surface area contributed by atoms with Gasteiger partial charge in [0.25, 0.3) is 0 Å². The molecule has 0 radical (unpaired) electrons. The first-order chi connectivity index (χ1) is 24.0. The van der Waals surface area contributed by atoms with E-state index in [4.69, 9.17) is 24.0 Å². The smallest absolute Gasteiger partial charge is 0.330 e. The Morgan fingerprint density at radius 1 is 0.816 bits per heavy atom. The fourth-order valence-corrected chi connectivity index (χ4v) is 6.55. The number of benzene rings is 2. The molecule has 2 aliphatic carbocycles. The maximum absolute atomic E-state index is 11.6. The van der Waals surface area contributed by atoms with Crippen LogP contribution in [0.3, 0.4) is 0 Å². The standard InChI is InChI=1S/C25H36O4.C16H22O4/c1-2-3-4-5-19-6-10-21(11-7-19)22-12-15-25(23(16-22)18-27)29-28-24-13-8-20(17-26)9-14-24;1-3-16(17)20-13-7-5-4-6-12-19-15-10-8-14(18-2)9-11-15/h12,15-21,24H,2-11,13-14H2,1H3;3,8-11H,1,4-7,12-13H2,2H3. The minimum Gasteiger partial charge on any atom is -0.497 e. The highest BCUT2D eigenvalue weighted by molar-refractivity contribution is 5.81. The summed E-state index contributed by atoms with van der Waals surface area (Å²) in [7, 11) is 1.64. The predicted octanol–water partition coefficient (Wildman–Crippen LogP) is 9.78. The minimum atomic E-state index is -0.354. The predicted molar refractivity (Wildman–Crippen MR) is 192 cm³/mol. The second-order valence-electron chi connectivity index (χ2n) is 13.3. The number of esters is 1. The molecule has 2 aliphatic rings. The highest BCUT2D eigenvalue weighted by Crippen LogP contribution is 2.39. The molecule has 0 aromatic heterocycles. The van der Waals surface area contributed by atoms with E-state index in [1.54, 1.807) is 7.11 Å². The summed E-state index contributed by atoms with van der Waals surface area (Å²) in [6.07, 6.45) is 20.8. The van der Waals surface area contributed by atoms with E-state index < -0.39 is 0 Å². The fourth-order valence-electron chi connectivity index (χ4n) is 6.55. The van der Waals surface area contributed by atoms with Crippen LogP contribution in [0.2, 0.25) is 0 Å². The van der Waals surface area contributed by atoms with Gasteiger partial charge in [-0.1, -0.05) is 45.3 Å². The lowest BCUT2D eigenvalue weighted by Gasteiger charge is -2.29. The molecule has 0 unspecified atom stereocenters. The Balaban J connectivity index is 0.000000286. The van der Waals surface area contributed by atoms with E-state index in [9.17, 15) is 14.4 Å². The van der Waals surface area contributed by atoms with E-state index >= 15 is 0 Å². The van der Waals surface area contributed by atoms with Crippen LogP contribution in [0, 0.1) is 11.8 Å². The van der Waals surface area contributed by atoms with Crippen molar-refractivity contribution < 1.29 is 38.4 Å². The molecule has 0 bridgehead atoms. The first-order valence-electron chi connectivity index (χ1n) is 18.4. The van der Waals surface area contributed by atoms with E-state index in [0.29, 0.717) is 30.4 Å². The molecule has 270 valence electrons. The van der Waals surface area contributed by atoms with Crippen LogP contribution in [0.15, 0.2) is 55.1 Å². The Morgan fingerprint density at radius 3 is 2.14 bits per heavy atom. The third-order valence-electron chi connectivity index (χ3n) is 9.66. The maximum Gasteiger partial charge on any atom is 0.330 e. The molecule has 49 heavy (non-hydrogen) atoms. The first kappa shape index (κ1) is 39.8. The van der Waals surface area contributed by atoms with Gasteiger partial charge in [-0.3, -0.25) is 4.79 Å². The average molecular weight is 679 g/mol. The van der Waals surface area contributed by atoms with E-state index in [2.05, 4.69) is 19.6 Å². The Morgan fingerprint density at radius 2 is 1.51 bits per heavy atom. The van der Waals surface area contributed by atoms with Crippen molar-refractivity contribution in [3.63, 3.8) is 0 Å². The van der Waals surface area contributed by atoms with Crippen molar-refractivity contribution in [2.45, 2.75) is 122 Å². The monoisotopic (exact) mass is 678 g/mol.